The van der Waals surface area contributed by atoms with Gasteiger partial charge >= 0.3 is 0 Å². The first-order valence-corrected chi connectivity index (χ1v) is 13.3. The van der Waals surface area contributed by atoms with Crippen molar-refractivity contribution in [1.82, 2.24) is 14.8 Å². The molecular weight excluding hydrogens is 456 g/mol. The smallest absolute Gasteiger partial charge is 0.227 e. The van der Waals surface area contributed by atoms with E-state index in [0.29, 0.717) is 19.0 Å². The highest BCUT2D eigenvalue weighted by Gasteiger charge is 2.41. The zero-order valence-corrected chi connectivity index (χ0v) is 21.4. The predicted octanol–water partition coefficient (Wildman–Crippen LogP) is 6.06. The van der Waals surface area contributed by atoms with Crippen LogP contribution < -0.4 is 10.1 Å². The Morgan fingerprint density at radius 2 is 1.89 bits per heavy atom. The monoisotopic (exact) mass is 488 g/mol. The maximum Gasteiger partial charge on any atom is 0.227 e. The summed E-state index contributed by atoms with van der Waals surface area (Å²) in [5, 5.41) is 8.99. The second kappa shape index (κ2) is 9.90. The number of anilines is 1. The van der Waals surface area contributed by atoms with Crippen molar-refractivity contribution in [2.45, 2.75) is 57.7 Å². The number of hydrogen-bond acceptors (Lipinski definition) is 6. The minimum Gasteiger partial charge on any atom is -0.493 e. The summed E-state index contributed by atoms with van der Waals surface area (Å²) in [6.07, 6.45) is 3.26. The van der Waals surface area contributed by atoms with Crippen molar-refractivity contribution in [2.75, 3.05) is 17.7 Å². The largest absolute Gasteiger partial charge is 0.493 e. The van der Waals surface area contributed by atoms with Gasteiger partial charge in [-0.3, -0.25) is 4.79 Å². The summed E-state index contributed by atoms with van der Waals surface area (Å²) in [4.78, 5) is 18.1. The van der Waals surface area contributed by atoms with Crippen LogP contribution in [0, 0.1) is 5.41 Å². The van der Waals surface area contributed by atoms with Crippen molar-refractivity contribution in [2.24, 2.45) is 5.41 Å². The Kier molecular flexibility index (Phi) is 6.69. The summed E-state index contributed by atoms with van der Waals surface area (Å²) in [6.45, 7) is 7.06. The van der Waals surface area contributed by atoms with Gasteiger partial charge in [-0.15, -0.1) is 5.10 Å². The molecule has 0 saturated heterocycles. The Morgan fingerprint density at radius 1 is 1.11 bits per heavy atom. The van der Waals surface area contributed by atoms with E-state index in [2.05, 4.69) is 50.4 Å². The molecule has 2 heterocycles. The standard InChI is InChI=1S/C28H32N4O2S/c1-4-16-35-27-30-26-29-22-17-28(2,3)18-23(33)24(22)25(32(26)31-27)20-10-12-21(13-11-20)34-15-14-19-8-6-5-7-9-19/h5-13,25H,4,14-18H2,1-3H3,(H,29,30,31). The predicted molar refractivity (Wildman–Crippen MR) is 140 cm³/mol. The molecule has 1 atom stereocenters. The zero-order chi connectivity index (χ0) is 24.4. The number of fused-ring (bicyclic) bond motifs is 1. The molecule has 35 heavy (non-hydrogen) atoms. The van der Waals surface area contributed by atoms with Gasteiger partial charge in [0.2, 0.25) is 11.1 Å². The number of nitrogens with one attached hydrogen (secondary N) is 1. The van der Waals surface area contributed by atoms with Crippen LogP contribution in [0.2, 0.25) is 0 Å². The molecule has 6 nitrogen and oxygen atoms in total. The molecule has 0 amide bonds. The number of hydrogen-bond donors (Lipinski definition) is 1. The molecule has 7 heteroatoms. The van der Waals surface area contributed by atoms with Crippen LogP contribution >= 0.6 is 11.8 Å². The second-order valence-electron chi connectivity index (χ2n) is 10.0. The van der Waals surface area contributed by atoms with E-state index in [9.17, 15) is 4.79 Å². The molecule has 0 spiro atoms. The fraction of sp³-hybridized carbons (Fsp3) is 0.393. The van der Waals surface area contributed by atoms with Gasteiger partial charge in [0.15, 0.2) is 5.78 Å². The van der Waals surface area contributed by atoms with Gasteiger partial charge in [0, 0.05) is 29.9 Å². The van der Waals surface area contributed by atoms with E-state index >= 15 is 0 Å². The number of carbonyl (C=O) groups excluding carboxylic acids is 1. The lowest BCUT2D eigenvalue weighted by Crippen LogP contribution is -2.36. The van der Waals surface area contributed by atoms with Crippen LogP contribution in [0.15, 0.2) is 71.0 Å². The van der Waals surface area contributed by atoms with E-state index in [1.165, 1.54) is 5.56 Å². The maximum absolute atomic E-state index is 13.4. The molecule has 1 aliphatic heterocycles. The number of ether oxygens (including phenoxy) is 1. The number of allylic oxidation sites excluding steroid dienone is 2. The number of thioether (sulfide) groups is 1. The number of ketones is 1. The molecule has 0 saturated carbocycles. The number of rotatable bonds is 8. The Labute approximate surface area is 211 Å². The molecular formula is C28H32N4O2S. The van der Waals surface area contributed by atoms with Gasteiger partial charge in [-0.2, -0.15) is 4.98 Å². The summed E-state index contributed by atoms with van der Waals surface area (Å²) < 4.78 is 7.88. The first kappa shape index (κ1) is 23.7. The topological polar surface area (TPSA) is 69.0 Å². The summed E-state index contributed by atoms with van der Waals surface area (Å²) in [7, 11) is 0. The molecule has 1 aromatic heterocycles. The lowest BCUT2D eigenvalue weighted by Gasteiger charge is -2.38. The van der Waals surface area contributed by atoms with E-state index in [-0.39, 0.29) is 17.2 Å². The number of benzene rings is 2. The van der Waals surface area contributed by atoms with Gasteiger partial charge in [-0.1, -0.05) is 75.0 Å². The van der Waals surface area contributed by atoms with E-state index < -0.39 is 0 Å². The molecule has 0 fully saturated rings. The van der Waals surface area contributed by atoms with Crippen molar-refractivity contribution in [3.8, 4) is 5.75 Å². The quantitative estimate of drug-likeness (QED) is 0.389. The molecule has 2 aliphatic rings. The van der Waals surface area contributed by atoms with Crippen molar-refractivity contribution in [3.63, 3.8) is 0 Å². The normalized spacial score (nSPS) is 18.6. The van der Waals surface area contributed by atoms with Crippen molar-refractivity contribution in [3.05, 3.63) is 77.0 Å². The first-order chi connectivity index (χ1) is 16.9. The molecule has 182 valence electrons. The van der Waals surface area contributed by atoms with Gasteiger partial charge in [-0.05, 0) is 41.5 Å². The Balaban J connectivity index is 1.41. The molecule has 1 unspecified atom stereocenters. The van der Waals surface area contributed by atoms with E-state index in [0.717, 1.165) is 52.8 Å². The third-order valence-corrected chi connectivity index (χ3v) is 7.49. The third-order valence-electron chi connectivity index (χ3n) is 6.45. The highest BCUT2D eigenvalue weighted by Crippen LogP contribution is 2.45. The molecule has 2 aromatic carbocycles. The number of carbonyl (C=O) groups is 1. The zero-order valence-electron chi connectivity index (χ0n) is 20.6. The van der Waals surface area contributed by atoms with Gasteiger partial charge < -0.3 is 10.1 Å². The minimum absolute atomic E-state index is 0.0775. The Morgan fingerprint density at radius 3 is 2.63 bits per heavy atom. The van der Waals surface area contributed by atoms with Gasteiger partial charge in [0.25, 0.3) is 0 Å². The SMILES string of the molecule is CCCSc1nc2n(n1)C(c1ccc(OCCc3ccccc3)cc1)C1=C(CC(C)(C)CC1=O)N2. The third kappa shape index (κ3) is 5.15. The molecule has 1 N–H and O–H groups in total. The lowest BCUT2D eigenvalue weighted by atomic mass is 9.73. The number of aromatic nitrogens is 3. The average molecular weight is 489 g/mol. The van der Waals surface area contributed by atoms with Crippen LogP contribution in [0.5, 0.6) is 5.75 Å². The van der Waals surface area contributed by atoms with Crippen LogP contribution in [0.1, 0.15) is 57.2 Å². The van der Waals surface area contributed by atoms with E-state index in [1.54, 1.807) is 11.8 Å². The van der Waals surface area contributed by atoms with E-state index in [4.69, 9.17) is 14.8 Å². The number of nitrogens with zero attached hydrogens (tertiary/aromatic N) is 3. The highest BCUT2D eigenvalue weighted by atomic mass is 32.2. The van der Waals surface area contributed by atoms with Crippen LogP contribution in [0.25, 0.3) is 0 Å². The van der Waals surface area contributed by atoms with Crippen molar-refractivity contribution >= 4 is 23.5 Å². The van der Waals surface area contributed by atoms with Crippen LogP contribution in [0.4, 0.5) is 5.95 Å². The fourth-order valence-corrected chi connectivity index (χ4v) is 5.51. The summed E-state index contributed by atoms with van der Waals surface area (Å²) in [5.41, 5.74) is 3.98. The van der Waals surface area contributed by atoms with Crippen molar-refractivity contribution in [1.29, 1.82) is 0 Å². The summed E-state index contributed by atoms with van der Waals surface area (Å²) in [5.74, 6) is 2.67. The second-order valence-corrected chi connectivity index (χ2v) is 11.1. The highest BCUT2D eigenvalue weighted by molar-refractivity contribution is 7.99. The first-order valence-electron chi connectivity index (χ1n) is 12.3. The fourth-order valence-electron chi connectivity index (χ4n) is 4.83. The molecule has 0 bridgehead atoms. The molecule has 3 aromatic rings. The Bertz CT molecular complexity index is 1230. The summed E-state index contributed by atoms with van der Waals surface area (Å²) >= 11 is 1.65. The van der Waals surface area contributed by atoms with Crippen LogP contribution in [-0.2, 0) is 11.2 Å². The Hall–Kier alpha value is -3.06. The minimum atomic E-state index is -0.285. The van der Waals surface area contributed by atoms with Gasteiger partial charge in [0.1, 0.15) is 11.8 Å². The maximum atomic E-state index is 13.4. The van der Waals surface area contributed by atoms with Gasteiger partial charge in [0.05, 0.1) is 6.61 Å². The summed E-state index contributed by atoms with van der Waals surface area (Å²) in [6, 6.07) is 18.1. The van der Waals surface area contributed by atoms with E-state index in [1.807, 2.05) is 35.0 Å². The van der Waals surface area contributed by atoms with Crippen molar-refractivity contribution < 1.29 is 9.53 Å². The lowest BCUT2D eigenvalue weighted by molar-refractivity contribution is -0.118. The molecule has 0 radical (unpaired) electrons. The molecule has 5 rings (SSSR count). The molecule has 1 aliphatic carbocycles. The average Bonchev–Trinajstić information content (AvgIpc) is 3.24. The van der Waals surface area contributed by atoms with Crippen LogP contribution in [-0.4, -0.2) is 32.9 Å². The van der Waals surface area contributed by atoms with Crippen LogP contribution in [0.3, 0.4) is 0 Å². The number of Topliss-reactive ketones (excluding diaryl/α,β-unsaturated/α-hetero) is 1. The van der Waals surface area contributed by atoms with Gasteiger partial charge in [-0.25, -0.2) is 4.68 Å².